The van der Waals surface area contributed by atoms with Crippen molar-refractivity contribution in [1.29, 1.82) is 0 Å². The molecule has 3 rings (SSSR count). The van der Waals surface area contributed by atoms with Crippen LogP contribution in [0.3, 0.4) is 0 Å². The van der Waals surface area contributed by atoms with Crippen LogP contribution in [0.5, 0.6) is 0 Å². The van der Waals surface area contributed by atoms with Crippen LogP contribution < -0.4 is 5.32 Å². The summed E-state index contributed by atoms with van der Waals surface area (Å²) in [7, 11) is 0. The maximum atomic E-state index is 12.1. The highest BCUT2D eigenvalue weighted by molar-refractivity contribution is 7.17. The second kappa shape index (κ2) is 8.19. The number of amides is 1. The van der Waals surface area contributed by atoms with Gasteiger partial charge in [-0.15, -0.1) is 0 Å². The molecular weight excluding hydrogens is 342 g/mol. The van der Waals surface area contributed by atoms with Gasteiger partial charge in [0.15, 0.2) is 0 Å². The van der Waals surface area contributed by atoms with Gasteiger partial charge in [-0.25, -0.2) is 0 Å². The Bertz CT molecular complexity index is 735. The van der Waals surface area contributed by atoms with Crippen LogP contribution in [0, 0.1) is 10.1 Å². The number of benzene rings is 1. The third-order valence-electron chi connectivity index (χ3n) is 3.96. The molecule has 25 heavy (non-hydrogen) atoms. The Morgan fingerprint density at radius 1 is 1.32 bits per heavy atom. The Kier molecular flexibility index (Phi) is 5.75. The molecule has 0 bridgehead atoms. The number of hydrogen-bond acceptors (Lipinski definition) is 6. The van der Waals surface area contributed by atoms with E-state index in [-0.39, 0.29) is 17.0 Å². The number of morpholine rings is 1. The first kappa shape index (κ1) is 17.5. The molecule has 0 radical (unpaired) electrons. The van der Waals surface area contributed by atoms with Crippen molar-refractivity contribution in [2.75, 3.05) is 26.2 Å². The van der Waals surface area contributed by atoms with Gasteiger partial charge in [0.2, 0.25) is 0 Å². The van der Waals surface area contributed by atoms with Crippen LogP contribution in [-0.2, 0) is 11.3 Å². The fraction of sp³-hybridized carbons (Fsp3) is 0.353. The highest BCUT2D eigenvalue weighted by Gasteiger charge is 2.22. The van der Waals surface area contributed by atoms with Crippen molar-refractivity contribution < 1.29 is 14.5 Å². The van der Waals surface area contributed by atoms with Crippen LogP contribution in [0.1, 0.15) is 15.2 Å². The standard InChI is InChI=1S/C17H19N3O4S/c21-17(15-6-7-16(25-15)20(22)23)18-10-14-12-19(8-9-24-14)11-13-4-2-1-3-5-13/h1-7,14H,8-12H2,(H,18,21). The minimum absolute atomic E-state index is 0.0342. The molecule has 1 aliphatic heterocycles. The normalized spacial score (nSPS) is 18.0. The van der Waals surface area contributed by atoms with Crippen LogP contribution in [-0.4, -0.2) is 48.1 Å². The van der Waals surface area contributed by atoms with E-state index in [4.69, 9.17) is 4.74 Å². The quantitative estimate of drug-likeness (QED) is 0.630. The van der Waals surface area contributed by atoms with E-state index in [2.05, 4.69) is 22.3 Å². The number of carbonyl (C=O) groups is 1. The van der Waals surface area contributed by atoms with Crippen molar-refractivity contribution >= 4 is 22.2 Å². The largest absolute Gasteiger partial charge is 0.374 e. The van der Waals surface area contributed by atoms with Gasteiger partial charge in [-0.3, -0.25) is 19.8 Å². The van der Waals surface area contributed by atoms with Gasteiger partial charge in [-0.2, -0.15) is 0 Å². The average molecular weight is 361 g/mol. The van der Waals surface area contributed by atoms with Gasteiger partial charge < -0.3 is 10.1 Å². The van der Waals surface area contributed by atoms with E-state index < -0.39 is 4.92 Å². The second-order valence-corrected chi connectivity index (χ2v) is 6.88. The molecule has 0 saturated carbocycles. The minimum atomic E-state index is -0.493. The number of carbonyl (C=O) groups excluding carboxylic acids is 1. The Labute approximate surface area is 149 Å². The van der Waals surface area contributed by atoms with Gasteiger partial charge >= 0.3 is 5.00 Å². The predicted molar refractivity (Wildman–Crippen MR) is 94.8 cm³/mol. The zero-order valence-electron chi connectivity index (χ0n) is 13.6. The number of nitrogens with zero attached hydrogens (tertiary/aromatic N) is 2. The summed E-state index contributed by atoms with van der Waals surface area (Å²) in [4.78, 5) is 24.9. The van der Waals surface area contributed by atoms with Crippen LogP contribution in [0.4, 0.5) is 5.00 Å². The molecule has 8 heteroatoms. The van der Waals surface area contributed by atoms with Gasteiger partial charge in [0.05, 0.1) is 22.5 Å². The third kappa shape index (κ3) is 4.85. The van der Waals surface area contributed by atoms with Crippen molar-refractivity contribution in [1.82, 2.24) is 10.2 Å². The van der Waals surface area contributed by atoms with Crippen LogP contribution in [0.15, 0.2) is 42.5 Å². The van der Waals surface area contributed by atoms with Crippen LogP contribution >= 0.6 is 11.3 Å². The number of nitrogens with one attached hydrogen (secondary N) is 1. The Morgan fingerprint density at radius 2 is 2.12 bits per heavy atom. The summed E-state index contributed by atoms with van der Waals surface area (Å²) in [6, 6.07) is 13.0. The lowest BCUT2D eigenvalue weighted by atomic mass is 10.2. The van der Waals surface area contributed by atoms with Gasteiger partial charge in [-0.1, -0.05) is 41.7 Å². The van der Waals surface area contributed by atoms with Crippen LogP contribution in [0.2, 0.25) is 0 Å². The van der Waals surface area contributed by atoms with E-state index in [1.807, 2.05) is 18.2 Å². The van der Waals surface area contributed by atoms with Gasteiger partial charge in [0.25, 0.3) is 5.91 Å². The van der Waals surface area contributed by atoms with Crippen molar-refractivity contribution in [2.45, 2.75) is 12.6 Å². The van der Waals surface area contributed by atoms with Gasteiger partial charge in [0.1, 0.15) is 0 Å². The fourth-order valence-electron chi connectivity index (χ4n) is 2.73. The number of thiophene rings is 1. The van der Waals surface area contributed by atoms with Crippen molar-refractivity contribution in [3.05, 3.63) is 63.0 Å². The monoisotopic (exact) mass is 361 g/mol. The zero-order valence-corrected chi connectivity index (χ0v) is 14.4. The molecule has 1 aromatic carbocycles. The smallest absolute Gasteiger partial charge is 0.324 e. The summed E-state index contributed by atoms with van der Waals surface area (Å²) in [5.41, 5.74) is 1.25. The molecule has 1 atom stereocenters. The highest BCUT2D eigenvalue weighted by Crippen LogP contribution is 2.23. The minimum Gasteiger partial charge on any atom is -0.374 e. The maximum Gasteiger partial charge on any atom is 0.324 e. The lowest BCUT2D eigenvalue weighted by Gasteiger charge is -2.33. The molecule has 1 aliphatic rings. The molecule has 1 N–H and O–H groups in total. The molecule has 2 heterocycles. The Balaban J connectivity index is 1.49. The average Bonchev–Trinajstić information content (AvgIpc) is 3.11. The second-order valence-electron chi connectivity index (χ2n) is 5.82. The molecule has 0 spiro atoms. The first-order valence-electron chi connectivity index (χ1n) is 8.02. The fourth-order valence-corrected chi connectivity index (χ4v) is 3.47. The third-order valence-corrected chi connectivity index (χ3v) is 4.99. The maximum absolute atomic E-state index is 12.1. The summed E-state index contributed by atoms with van der Waals surface area (Å²) >= 11 is 0.876. The van der Waals surface area contributed by atoms with Crippen LogP contribution in [0.25, 0.3) is 0 Å². The summed E-state index contributed by atoms with van der Waals surface area (Å²) in [6.45, 7) is 3.45. The molecule has 7 nitrogen and oxygen atoms in total. The lowest BCUT2D eigenvalue weighted by Crippen LogP contribution is -2.47. The van der Waals surface area contributed by atoms with E-state index in [1.165, 1.54) is 17.7 Å². The number of ether oxygens (including phenoxy) is 1. The molecule has 1 aromatic heterocycles. The Morgan fingerprint density at radius 3 is 2.84 bits per heavy atom. The summed E-state index contributed by atoms with van der Waals surface area (Å²) in [5.74, 6) is -0.304. The zero-order chi connectivity index (χ0) is 17.6. The summed E-state index contributed by atoms with van der Waals surface area (Å²) in [6.07, 6.45) is -0.0867. The van der Waals surface area contributed by atoms with E-state index in [0.29, 0.717) is 18.0 Å². The van der Waals surface area contributed by atoms with Gasteiger partial charge in [-0.05, 0) is 11.6 Å². The SMILES string of the molecule is O=C(NCC1CN(Cc2ccccc2)CCO1)c1ccc([N+](=O)[O-])s1. The molecule has 2 aromatic rings. The molecular formula is C17H19N3O4S. The Hall–Kier alpha value is -2.29. The number of rotatable bonds is 6. The lowest BCUT2D eigenvalue weighted by molar-refractivity contribution is -0.380. The van der Waals surface area contributed by atoms with Crippen molar-refractivity contribution in [3.63, 3.8) is 0 Å². The molecule has 0 aliphatic carbocycles. The van der Waals surface area contributed by atoms with E-state index >= 15 is 0 Å². The molecule has 1 fully saturated rings. The molecule has 1 saturated heterocycles. The van der Waals surface area contributed by atoms with Gasteiger partial charge in [0, 0.05) is 32.2 Å². The first-order chi connectivity index (χ1) is 12.1. The summed E-state index contributed by atoms with van der Waals surface area (Å²) < 4.78 is 5.71. The van der Waals surface area contributed by atoms with E-state index in [0.717, 1.165) is 31.0 Å². The number of nitro groups is 1. The van der Waals surface area contributed by atoms with E-state index in [1.54, 1.807) is 0 Å². The first-order valence-corrected chi connectivity index (χ1v) is 8.84. The van der Waals surface area contributed by atoms with Crippen molar-refractivity contribution in [3.8, 4) is 0 Å². The van der Waals surface area contributed by atoms with Crippen molar-refractivity contribution in [2.24, 2.45) is 0 Å². The highest BCUT2D eigenvalue weighted by atomic mass is 32.1. The predicted octanol–water partition coefficient (Wildman–Crippen LogP) is 2.29. The summed E-state index contributed by atoms with van der Waals surface area (Å²) in [5, 5.41) is 13.5. The topological polar surface area (TPSA) is 84.7 Å². The molecule has 132 valence electrons. The molecule has 1 unspecified atom stereocenters. The van der Waals surface area contributed by atoms with E-state index in [9.17, 15) is 14.9 Å². The molecule has 1 amide bonds. The number of hydrogen-bond donors (Lipinski definition) is 1.